The molecule has 1 aliphatic heterocycles. The van der Waals surface area contributed by atoms with Crippen molar-refractivity contribution >= 4 is 16.7 Å². The van der Waals surface area contributed by atoms with Crippen molar-refractivity contribution in [3.8, 4) is 0 Å². The van der Waals surface area contributed by atoms with Crippen LogP contribution in [-0.2, 0) is 4.74 Å². The summed E-state index contributed by atoms with van der Waals surface area (Å²) < 4.78 is 7.54. The Morgan fingerprint density at radius 1 is 1.47 bits per heavy atom. The lowest BCUT2D eigenvalue weighted by molar-refractivity contribution is 0.120. The molecule has 0 spiro atoms. The molecule has 2 aromatic rings. The lowest BCUT2D eigenvalue weighted by atomic mass is 10.2. The van der Waals surface area contributed by atoms with Crippen LogP contribution in [0.1, 0.15) is 32.7 Å². The third-order valence-electron chi connectivity index (χ3n) is 3.48. The van der Waals surface area contributed by atoms with Gasteiger partial charge in [-0.1, -0.05) is 0 Å². The summed E-state index contributed by atoms with van der Waals surface area (Å²) in [5.74, 6) is 0. The largest absolute Gasteiger partial charge is 0.381 e. The van der Waals surface area contributed by atoms with Crippen molar-refractivity contribution in [3.63, 3.8) is 0 Å². The highest BCUT2D eigenvalue weighted by Gasteiger charge is 2.15. The molecule has 102 valence electrons. The van der Waals surface area contributed by atoms with Crippen LogP contribution in [-0.4, -0.2) is 34.0 Å². The molecular formula is C14H20N4O. The van der Waals surface area contributed by atoms with E-state index < -0.39 is 0 Å². The van der Waals surface area contributed by atoms with E-state index in [2.05, 4.69) is 35.3 Å². The molecular weight excluding hydrogens is 240 g/mol. The highest BCUT2D eigenvalue weighted by Crippen LogP contribution is 2.20. The Kier molecular flexibility index (Phi) is 3.38. The summed E-state index contributed by atoms with van der Waals surface area (Å²) in [6, 6.07) is 2.43. The normalized spacial score (nSPS) is 19.4. The van der Waals surface area contributed by atoms with Crippen molar-refractivity contribution in [3.05, 3.63) is 18.5 Å². The SMILES string of the molecule is CC(C)n1ncc2cc(NCC3CCCO3)cnc21. The Balaban J connectivity index is 1.74. The number of anilines is 1. The molecule has 3 rings (SSSR count). The van der Waals surface area contributed by atoms with Crippen LogP contribution in [0.15, 0.2) is 18.5 Å². The molecule has 0 radical (unpaired) electrons. The van der Waals surface area contributed by atoms with E-state index >= 15 is 0 Å². The first-order valence-corrected chi connectivity index (χ1v) is 6.93. The zero-order valence-electron chi connectivity index (χ0n) is 11.5. The Labute approximate surface area is 113 Å². The summed E-state index contributed by atoms with van der Waals surface area (Å²) in [6.45, 7) is 5.96. The highest BCUT2D eigenvalue weighted by molar-refractivity contribution is 5.78. The van der Waals surface area contributed by atoms with Crippen molar-refractivity contribution in [1.82, 2.24) is 14.8 Å². The van der Waals surface area contributed by atoms with Gasteiger partial charge >= 0.3 is 0 Å². The molecule has 0 aromatic carbocycles. The summed E-state index contributed by atoms with van der Waals surface area (Å²) in [6.07, 6.45) is 6.41. The fourth-order valence-corrected chi connectivity index (χ4v) is 2.45. The number of fused-ring (bicyclic) bond motifs is 1. The maximum Gasteiger partial charge on any atom is 0.158 e. The zero-order chi connectivity index (χ0) is 13.2. The van der Waals surface area contributed by atoms with Crippen molar-refractivity contribution in [2.45, 2.75) is 38.8 Å². The molecule has 5 nitrogen and oxygen atoms in total. The van der Waals surface area contributed by atoms with Crippen LogP contribution in [0.2, 0.25) is 0 Å². The Bertz CT molecular complexity index is 558. The highest BCUT2D eigenvalue weighted by atomic mass is 16.5. The molecule has 3 heterocycles. The van der Waals surface area contributed by atoms with Crippen LogP contribution in [0.5, 0.6) is 0 Å². The van der Waals surface area contributed by atoms with Gasteiger partial charge in [0.25, 0.3) is 0 Å². The van der Waals surface area contributed by atoms with Gasteiger partial charge in [-0.3, -0.25) is 0 Å². The fourth-order valence-electron chi connectivity index (χ4n) is 2.45. The number of ether oxygens (including phenoxy) is 1. The molecule has 5 heteroatoms. The molecule has 1 unspecified atom stereocenters. The number of aromatic nitrogens is 3. The second-order valence-corrected chi connectivity index (χ2v) is 5.34. The third kappa shape index (κ3) is 2.56. The maximum atomic E-state index is 5.60. The first-order valence-electron chi connectivity index (χ1n) is 6.93. The second-order valence-electron chi connectivity index (χ2n) is 5.34. The van der Waals surface area contributed by atoms with Gasteiger partial charge in [0.05, 0.1) is 24.2 Å². The fraction of sp³-hybridized carbons (Fsp3) is 0.571. The Morgan fingerprint density at radius 2 is 2.37 bits per heavy atom. The zero-order valence-corrected chi connectivity index (χ0v) is 11.5. The lowest BCUT2D eigenvalue weighted by Crippen LogP contribution is -2.18. The van der Waals surface area contributed by atoms with E-state index in [1.165, 1.54) is 6.42 Å². The number of hydrogen-bond acceptors (Lipinski definition) is 4. The number of pyridine rings is 1. The van der Waals surface area contributed by atoms with Gasteiger partial charge in [-0.15, -0.1) is 0 Å². The molecule has 1 N–H and O–H groups in total. The van der Waals surface area contributed by atoms with Gasteiger partial charge in [-0.25, -0.2) is 9.67 Å². The number of nitrogens with zero attached hydrogens (tertiary/aromatic N) is 3. The standard InChI is InChI=1S/C14H20N4O/c1-10(2)18-14-11(7-17-18)6-12(8-16-14)15-9-13-4-3-5-19-13/h6-8,10,13,15H,3-5,9H2,1-2H3. The van der Waals surface area contributed by atoms with E-state index in [1.54, 1.807) is 0 Å². The average molecular weight is 260 g/mol. The van der Waals surface area contributed by atoms with Crippen LogP contribution in [0.4, 0.5) is 5.69 Å². The minimum absolute atomic E-state index is 0.329. The van der Waals surface area contributed by atoms with Crippen LogP contribution >= 0.6 is 0 Å². The maximum absolute atomic E-state index is 5.60. The van der Waals surface area contributed by atoms with Gasteiger partial charge in [0.1, 0.15) is 0 Å². The summed E-state index contributed by atoms with van der Waals surface area (Å²) in [5.41, 5.74) is 1.98. The molecule has 0 aliphatic carbocycles. The minimum atomic E-state index is 0.329. The third-order valence-corrected chi connectivity index (χ3v) is 3.48. The molecule has 1 aliphatic rings. The van der Waals surface area contributed by atoms with Crippen LogP contribution < -0.4 is 5.32 Å². The summed E-state index contributed by atoms with van der Waals surface area (Å²) in [4.78, 5) is 4.50. The number of hydrogen-bond donors (Lipinski definition) is 1. The summed E-state index contributed by atoms with van der Waals surface area (Å²) in [7, 11) is 0. The Hall–Kier alpha value is -1.62. The molecule has 0 amide bonds. The van der Waals surface area contributed by atoms with Crippen molar-refractivity contribution in [1.29, 1.82) is 0 Å². The minimum Gasteiger partial charge on any atom is -0.381 e. The number of rotatable bonds is 4. The van der Waals surface area contributed by atoms with Crippen molar-refractivity contribution in [2.24, 2.45) is 0 Å². The molecule has 1 saturated heterocycles. The average Bonchev–Trinajstić information content (AvgIpc) is 3.05. The van der Waals surface area contributed by atoms with E-state index in [1.807, 2.05) is 17.1 Å². The second kappa shape index (κ2) is 5.17. The summed E-state index contributed by atoms with van der Waals surface area (Å²) >= 11 is 0. The van der Waals surface area contributed by atoms with Crippen molar-refractivity contribution < 1.29 is 4.74 Å². The van der Waals surface area contributed by atoms with Crippen LogP contribution in [0.25, 0.3) is 11.0 Å². The van der Waals surface area contributed by atoms with Gasteiger partial charge < -0.3 is 10.1 Å². The van der Waals surface area contributed by atoms with E-state index in [0.717, 1.165) is 36.3 Å². The van der Waals surface area contributed by atoms with Gasteiger partial charge in [0, 0.05) is 24.6 Å². The van der Waals surface area contributed by atoms with Gasteiger partial charge in [0.2, 0.25) is 0 Å². The first kappa shape index (κ1) is 12.4. The topological polar surface area (TPSA) is 52.0 Å². The predicted octanol–water partition coefficient (Wildman–Crippen LogP) is 2.60. The molecule has 2 aromatic heterocycles. The van der Waals surface area contributed by atoms with Gasteiger partial charge in [0.15, 0.2) is 5.65 Å². The molecule has 0 bridgehead atoms. The lowest BCUT2D eigenvalue weighted by Gasteiger charge is -2.12. The van der Waals surface area contributed by atoms with Crippen LogP contribution in [0, 0.1) is 0 Å². The predicted molar refractivity (Wildman–Crippen MR) is 75.4 cm³/mol. The molecule has 0 saturated carbocycles. The van der Waals surface area contributed by atoms with E-state index in [0.29, 0.717) is 12.1 Å². The Morgan fingerprint density at radius 3 is 3.11 bits per heavy atom. The smallest absolute Gasteiger partial charge is 0.158 e. The van der Waals surface area contributed by atoms with E-state index in [9.17, 15) is 0 Å². The summed E-state index contributed by atoms with van der Waals surface area (Å²) in [5, 5.41) is 8.84. The quantitative estimate of drug-likeness (QED) is 0.918. The van der Waals surface area contributed by atoms with E-state index in [4.69, 9.17) is 4.74 Å². The molecule has 1 atom stereocenters. The molecule has 19 heavy (non-hydrogen) atoms. The number of nitrogens with one attached hydrogen (secondary N) is 1. The molecule has 1 fully saturated rings. The first-order chi connectivity index (χ1) is 9.24. The van der Waals surface area contributed by atoms with Gasteiger partial charge in [-0.05, 0) is 32.8 Å². The monoisotopic (exact) mass is 260 g/mol. The van der Waals surface area contributed by atoms with Gasteiger partial charge in [-0.2, -0.15) is 5.10 Å². The van der Waals surface area contributed by atoms with E-state index in [-0.39, 0.29) is 0 Å². The van der Waals surface area contributed by atoms with Crippen molar-refractivity contribution in [2.75, 3.05) is 18.5 Å². The van der Waals surface area contributed by atoms with Crippen LogP contribution in [0.3, 0.4) is 0 Å².